The van der Waals surface area contributed by atoms with E-state index in [1.807, 2.05) is 30.3 Å². The third-order valence-electron chi connectivity index (χ3n) is 5.29. The van der Waals surface area contributed by atoms with Crippen molar-refractivity contribution in [3.63, 3.8) is 0 Å². The lowest BCUT2D eigenvalue weighted by Crippen LogP contribution is -2.47. The zero-order valence-corrected chi connectivity index (χ0v) is 16.9. The molecule has 0 saturated carbocycles. The molecule has 1 heterocycles. The number of rotatable bonds is 5. The average molecular weight is 401 g/mol. The highest BCUT2D eigenvalue weighted by atomic mass is 35.5. The summed E-state index contributed by atoms with van der Waals surface area (Å²) in [7, 11) is 3.40. The van der Waals surface area contributed by atoms with Gasteiger partial charge in [0.05, 0.1) is 29.3 Å². The smallest absolute Gasteiger partial charge is 0.337 e. The van der Waals surface area contributed by atoms with Gasteiger partial charge in [-0.25, -0.2) is 4.79 Å². The van der Waals surface area contributed by atoms with Gasteiger partial charge >= 0.3 is 5.97 Å². The Kier molecular flexibility index (Phi) is 6.70. The van der Waals surface area contributed by atoms with Crippen molar-refractivity contribution in [1.82, 2.24) is 10.2 Å². The van der Waals surface area contributed by atoms with Gasteiger partial charge in [-0.05, 0) is 50.2 Å². The molecular weight excluding hydrogens is 376 g/mol. The summed E-state index contributed by atoms with van der Waals surface area (Å²) in [5, 5.41) is 3.46. The molecule has 1 aliphatic heterocycles. The van der Waals surface area contributed by atoms with E-state index in [9.17, 15) is 9.59 Å². The summed E-state index contributed by atoms with van der Waals surface area (Å²) in [5.74, 6) is -0.805. The Balaban J connectivity index is 1.90. The molecule has 1 amide bonds. The first kappa shape index (κ1) is 20.4. The van der Waals surface area contributed by atoms with Crippen LogP contribution in [0.15, 0.2) is 48.5 Å². The largest absolute Gasteiger partial charge is 0.465 e. The van der Waals surface area contributed by atoms with Crippen molar-refractivity contribution in [2.24, 2.45) is 0 Å². The van der Waals surface area contributed by atoms with Crippen LogP contribution in [0.5, 0.6) is 0 Å². The molecule has 0 aliphatic carbocycles. The molecule has 0 aromatic heterocycles. The predicted molar refractivity (Wildman–Crippen MR) is 110 cm³/mol. The maximum atomic E-state index is 13.1. The number of ether oxygens (including phenoxy) is 1. The Labute approximate surface area is 170 Å². The molecule has 2 unspecified atom stereocenters. The van der Waals surface area contributed by atoms with Crippen LogP contribution in [0.2, 0.25) is 5.02 Å². The van der Waals surface area contributed by atoms with Gasteiger partial charge in [-0.1, -0.05) is 48.4 Å². The van der Waals surface area contributed by atoms with Gasteiger partial charge in [-0.3, -0.25) is 4.79 Å². The summed E-state index contributed by atoms with van der Waals surface area (Å²) in [6, 6.07) is 14.6. The van der Waals surface area contributed by atoms with E-state index in [1.165, 1.54) is 13.2 Å². The fourth-order valence-corrected chi connectivity index (χ4v) is 3.95. The number of hydrogen-bond donors (Lipinski definition) is 1. The van der Waals surface area contributed by atoms with E-state index in [0.29, 0.717) is 10.6 Å². The van der Waals surface area contributed by atoms with Crippen LogP contribution < -0.4 is 5.32 Å². The minimum atomic E-state index is -0.502. The number of likely N-dealkylation sites (tertiary alicyclic amines) is 1. The second-order valence-corrected chi connectivity index (χ2v) is 7.50. The Morgan fingerprint density at radius 3 is 2.61 bits per heavy atom. The molecule has 148 valence electrons. The van der Waals surface area contributed by atoms with Crippen molar-refractivity contribution in [3.05, 3.63) is 70.2 Å². The summed E-state index contributed by atoms with van der Waals surface area (Å²) in [5.41, 5.74) is 1.61. The molecule has 5 nitrogen and oxygen atoms in total. The first-order chi connectivity index (χ1) is 13.5. The van der Waals surface area contributed by atoms with Gasteiger partial charge in [-0.15, -0.1) is 0 Å². The van der Waals surface area contributed by atoms with E-state index in [-0.39, 0.29) is 23.6 Å². The standard InChI is InChI=1S/C22H25ClN2O3/c1-25-13-7-6-10-19(25)20(15-8-4-3-5-9-15)24-21(26)17-14-16(22(27)28-2)11-12-18(17)23/h3-5,8-9,11-12,14,19-20H,6-7,10,13H2,1-2H3,(H,24,26). The SMILES string of the molecule is COC(=O)c1ccc(Cl)c(C(=O)NC(c2ccccc2)C2CCCCN2C)c1. The van der Waals surface area contributed by atoms with Gasteiger partial charge in [-0.2, -0.15) is 0 Å². The summed E-state index contributed by atoms with van der Waals surface area (Å²) in [6.45, 7) is 1.00. The second-order valence-electron chi connectivity index (χ2n) is 7.09. The maximum Gasteiger partial charge on any atom is 0.337 e. The molecule has 1 saturated heterocycles. The quantitative estimate of drug-likeness (QED) is 0.768. The highest BCUT2D eigenvalue weighted by Gasteiger charge is 2.30. The molecule has 2 atom stereocenters. The molecule has 28 heavy (non-hydrogen) atoms. The summed E-state index contributed by atoms with van der Waals surface area (Å²) in [4.78, 5) is 27.2. The summed E-state index contributed by atoms with van der Waals surface area (Å²) >= 11 is 6.26. The van der Waals surface area contributed by atoms with Crippen LogP contribution in [0.3, 0.4) is 0 Å². The highest BCUT2D eigenvalue weighted by molar-refractivity contribution is 6.34. The predicted octanol–water partition coefficient (Wildman–Crippen LogP) is 4.08. The second kappa shape index (κ2) is 9.22. The molecule has 2 aromatic carbocycles. The molecule has 1 N–H and O–H groups in total. The fourth-order valence-electron chi connectivity index (χ4n) is 3.75. The number of carbonyl (C=O) groups is 2. The number of esters is 1. The van der Waals surface area contributed by atoms with Gasteiger partial charge in [0.1, 0.15) is 0 Å². The average Bonchev–Trinajstić information content (AvgIpc) is 2.73. The van der Waals surface area contributed by atoms with Crippen molar-refractivity contribution in [3.8, 4) is 0 Å². The zero-order chi connectivity index (χ0) is 20.1. The lowest BCUT2D eigenvalue weighted by molar-refractivity contribution is 0.0600. The molecular formula is C22H25ClN2O3. The van der Waals surface area contributed by atoms with Gasteiger partial charge in [0, 0.05) is 6.04 Å². The normalized spacial score (nSPS) is 18.3. The lowest BCUT2D eigenvalue weighted by atomic mass is 9.91. The van der Waals surface area contributed by atoms with E-state index in [4.69, 9.17) is 16.3 Å². The van der Waals surface area contributed by atoms with E-state index in [1.54, 1.807) is 12.1 Å². The molecule has 1 aliphatic rings. The number of benzene rings is 2. The Morgan fingerprint density at radius 2 is 1.93 bits per heavy atom. The molecule has 6 heteroatoms. The van der Waals surface area contributed by atoms with Crippen molar-refractivity contribution < 1.29 is 14.3 Å². The Hall–Kier alpha value is -2.37. The van der Waals surface area contributed by atoms with Gasteiger partial charge < -0.3 is 15.0 Å². The van der Waals surface area contributed by atoms with E-state index >= 15 is 0 Å². The van der Waals surface area contributed by atoms with Crippen LogP contribution >= 0.6 is 11.6 Å². The van der Waals surface area contributed by atoms with Crippen LogP contribution in [0.4, 0.5) is 0 Å². The van der Waals surface area contributed by atoms with Crippen molar-refractivity contribution in [2.45, 2.75) is 31.3 Å². The fraction of sp³-hybridized carbons (Fsp3) is 0.364. The number of nitrogens with one attached hydrogen (secondary N) is 1. The van der Waals surface area contributed by atoms with Gasteiger partial charge in [0.2, 0.25) is 0 Å². The first-order valence-corrected chi connectivity index (χ1v) is 9.83. The van der Waals surface area contributed by atoms with Crippen LogP contribution in [0, 0.1) is 0 Å². The molecule has 3 rings (SSSR count). The topological polar surface area (TPSA) is 58.6 Å². The van der Waals surface area contributed by atoms with Crippen LogP contribution in [-0.4, -0.2) is 43.5 Å². The number of halogens is 1. The van der Waals surface area contributed by atoms with Crippen molar-refractivity contribution in [1.29, 1.82) is 0 Å². The van der Waals surface area contributed by atoms with E-state index in [2.05, 4.69) is 17.3 Å². The zero-order valence-electron chi connectivity index (χ0n) is 16.2. The van der Waals surface area contributed by atoms with Crippen molar-refractivity contribution >= 4 is 23.5 Å². The molecule has 0 bridgehead atoms. The molecule has 2 aromatic rings. The van der Waals surface area contributed by atoms with E-state index in [0.717, 1.165) is 31.4 Å². The van der Waals surface area contributed by atoms with Gasteiger partial charge in [0.25, 0.3) is 5.91 Å². The maximum absolute atomic E-state index is 13.1. The first-order valence-electron chi connectivity index (χ1n) is 9.45. The minimum Gasteiger partial charge on any atom is -0.465 e. The summed E-state index contributed by atoms with van der Waals surface area (Å²) < 4.78 is 4.75. The van der Waals surface area contributed by atoms with Crippen molar-refractivity contribution in [2.75, 3.05) is 20.7 Å². The monoisotopic (exact) mass is 400 g/mol. The third-order valence-corrected chi connectivity index (χ3v) is 5.62. The highest BCUT2D eigenvalue weighted by Crippen LogP contribution is 2.29. The third kappa shape index (κ3) is 4.54. The molecule has 1 fully saturated rings. The Morgan fingerprint density at radius 1 is 1.18 bits per heavy atom. The number of hydrogen-bond acceptors (Lipinski definition) is 4. The molecule has 0 spiro atoms. The number of amides is 1. The van der Waals surface area contributed by atoms with Gasteiger partial charge in [0.15, 0.2) is 0 Å². The van der Waals surface area contributed by atoms with Crippen LogP contribution in [0.25, 0.3) is 0 Å². The minimum absolute atomic E-state index is 0.170. The number of methoxy groups -OCH3 is 1. The number of piperidine rings is 1. The number of carbonyl (C=O) groups excluding carboxylic acids is 2. The Bertz CT molecular complexity index is 841. The summed E-state index contributed by atoms with van der Waals surface area (Å²) in [6.07, 6.45) is 3.30. The van der Waals surface area contributed by atoms with E-state index < -0.39 is 5.97 Å². The van der Waals surface area contributed by atoms with Crippen LogP contribution in [-0.2, 0) is 4.74 Å². The molecule has 0 radical (unpaired) electrons. The lowest BCUT2D eigenvalue weighted by Gasteiger charge is -2.38. The number of nitrogens with zero attached hydrogens (tertiary/aromatic N) is 1. The van der Waals surface area contributed by atoms with Crippen LogP contribution in [0.1, 0.15) is 51.6 Å². The number of likely N-dealkylation sites (N-methyl/N-ethyl adjacent to an activating group) is 1.